The monoisotopic (exact) mass is 214 g/mol. The third-order valence-corrected chi connectivity index (χ3v) is 2.75. The molecule has 0 aliphatic heterocycles. The summed E-state index contributed by atoms with van der Waals surface area (Å²) in [6.07, 6.45) is 2.57. The van der Waals surface area contributed by atoms with Gasteiger partial charge in [-0.1, -0.05) is 12.1 Å². The normalized spacial score (nSPS) is 15.4. The van der Waals surface area contributed by atoms with Gasteiger partial charge in [0.05, 0.1) is 17.7 Å². The summed E-state index contributed by atoms with van der Waals surface area (Å²) in [6, 6.07) is 9.05. The molecular weight excluding hydrogens is 200 g/mol. The second-order valence-electron chi connectivity index (χ2n) is 4.11. The molecule has 2 rings (SSSR count). The Balaban J connectivity index is 2.04. The Morgan fingerprint density at radius 3 is 2.50 bits per heavy atom. The van der Waals surface area contributed by atoms with Crippen molar-refractivity contribution in [1.82, 2.24) is 0 Å². The van der Waals surface area contributed by atoms with E-state index in [2.05, 4.69) is 6.07 Å². The molecule has 0 bridgehead atoms. The third kappa shape index (κ3) is 2.41. The third-order valence-electron chi connectivity index (χ3n) is 2.75. The minimum atomic E-state index is -0.314. The summed E-state index contributed by atoms with van der Waals surface area (Å²) in [4.78, 5) is 0. The second kappa shape index (κ2) is 4.38. The van der Waals surface area contributed by atoms with Crippen LogP contribution in [0.1, 0.15) is 24.0 Å². The summed E-state index contributed by atoms with van der Waals surface area (Å²) < 4.78 is 0. The van der Waals surface area contributed by atoms with Gasteiger partial charge >= 0.3 is 0 Å². The minimum absolute atomic E-state index is 0.314. The predicted octanol–water partition coefficient (Wildman–Crippen LogP) is 2.03. The molecule has 1 saturated carbocycles. The average molecular weight is 214 g/mol. The molecule has 0 saturated heterocycles. The second-order valence-corrected chi connectivity index (χ2v) is 4.11. The first-order chi connectivity index (χ1) is 7.70. The lowest BCUT2D eigenvalue weighted by Crippen LogP contribution is -2.25. The van der Waals surface area contributed by atoms with Gasteiger partial charge in [0, 0.05) is 0 Å². The summed E-state index contributed by atoms with van der Waals surface area (Å²) >= 11 is 0. The number of hydrogen-bond acceptors (Lipinski definition) is 3. The SMILES string of the molecule is N#Cc1ccc(C[C@H](N)C(O)=C2CC2)cc1. The van der Waals surface area contributed by atoms with Crippen LogP contribution in [0.15, 0.2) is 35.6 Å². The van der Waals surface area contributed by atoms with Crippen LogP contribution in [0, 0.1) is 11.3 Å². The average Bonchev–Trinajstić information content (AvgIpc) is 3.13. The molecule has 1 fully saturated rings. The fourth-order valence-electron chi connectivity index (χ4n) is 1.65. The van der Waals surface area contributed by atoms with E-state index in [1.807, 2.05) is 12.1 Å². The molecule has 3 heteroatoms. The fourth-order valence-corrected chi connectivity index (χ4v) is 1.65. The van der Waals surface area contributed by atoms with E-state index < -0.39 is 0 Å². The largest absolute Gasteiger partial charge is 0.511 e. The number of aliphatic hydroxyl groups excluding tert-OH is 1. The highest BCUT2D eigenvalue weighted by Gasteiger charge is 2.21. The number of aliphatic hydroxyl groups is 1. The van der Waals surface area contributed by atoms with Crippen molar-refractivity contribution in [3.8, 4) is 6.07 Å². The topological polar surface area (TPSA) is 70.0 Å². The number of nitrogens with zero attached hydrogens (tertiary/aromatic N) is 1. The maximum Gasteiger partial charge on any atom is 0.108 e. The summed E-state index contributed by atoms with van der Waals surface area (Å²) in [5.41, 5.74) is 8.65. The van der Waals surface area contributed by atoms with E-state index in [1.54, 1.807) is 12.1 Å². The quantitative estimate of drug-likeness (QED) is 0.756. The molecule has 0 spiro atoms. The van der Waals surface area contributed by atoms with Crippen molar-refractivity contribution in [2.75, 3.05) is 0 Å². The first-order valence-corrected chi connectivity index (χ1v) is 5.36. The maximum atomic E-state index is 9.72. The first-order valence-electron chi connectivity index (χ1n) is 5.36. The van der Waals surface area contributed by atoms with Gasteiger partial charge in [-0.05, 0) is 42.5 Å². The van der Waals surface area contributed by atoms with Gasteiger partial charge in [0.25, 0.3) is 0 Å². The molecule has 3 nitrogen and oxygen atoms in total. The van der Waals surface area contributed by atoms with Gasteiger partial charge < -0.3 is 10.8 Å². The molecule has 1 aromatic rings. The summed E-state index contributed by atoms with van der Waals surface area (Å²) in [6.45, 7) is 0. The molecular formula is C13H14N2O. The van der Waals surface area contributed by atoms with Gasteiger partial charge in [-0.25, -0.2) is 0 Å². The van der Waals surface area contributed by atoms with Crippen LogP contribution in [0.4, 0.5) is 0 Å². The number of nitrogens with two attached hydrogens (primary N) is 1. The maximum absolute atomic E-state index is 9.72. The molecule has 0 amide bonds. The van der Waals surface area contributed by atoms with Crippen LogP contribution in [-0.4, -0.2) is 11.1 Å². The molecule has 0 unspecified atom stereocenters. The van der Waals surface area contributed by atoms with Crippen LogP contribution in [0.2, 0.25) is 0 Å². The Labute approximate surface area is 94.8 Å². The van der Waals surface area contributed by atoms with Crippen LogP contribution in [0.5, 0.6) is 0 Å². The smallest absolute Gasteiger partial charge is 0.108 e. The molecule has 82 valence electrons. The standard InChI is InChI=1S/C13H14N2O/c14-8-10-3-1-9(2-4-10)7-12(15)13(16)11-5-6-11/h1-4,12,16H,5-7,15H2/t12-/m0/s1. The van der Waals surface area contributed by atoms with Gasteiger partial charge in [-0.15, -0.1) is 0 Å². The van der Waals surface area contributed by atoms with Crippen molar-refractivity contribution in [2.45, 2.75) is 25.3 Å². The van der Waals surface area contributed by atoms with Gasteiger partial charge in [0.2, 0.25) is 0 Å². The summed E-state index contributed by atoms with van der Waals surface area (Å²) in [5.74, 6) is 0.351. The van der Waals surface area contributed by atoms with Crippen molar-refractivity contribution in [1.29, 1.82) is 5.26 Å². The Kier molecular flexibility index (Phi) is 2.93. The molecule has 1 aliphatic rings. The van der Waals surface area contributed by atoms with E-state index in [4.69, 9.17) is 11.0 Å². The minimum Gasteiger partial charge on any atom is -0.511 e. The van der Waals surface area contributed by atoms with Crippen LogP contribution < -0.4 is 5.73 Å². The van der Waals surface area contributed by atoms with Gasteiger partial charge in [-0.3, -0.25) is 0 Å². The molecule has 1 aromatic carbocycles. The number of benzene rings is 1. The Hall–Kier alpha value is -1.79. The van der Waals surface area contributed by atoms with Gasteiger partial charge in [-0.2, -0.15) is 5.26 Å². The van der Waals surface area contributed by atoms with E-state index >= 15 is 0 Å². The highest BCUT2D eigenvalue weighted by Crippen LogP contribution is 2.31. The van der Waals surface area contributed by atoms with Crippen molar-refractivity contribution >= 4 is 0 Å². The Bertz CT molecular complexity index is 448. The predicted molar refractivity (Wildman–Crippen MR) is 61.7 cm³/mol. The highest BCUT2D eigenvalue weighted by molar-refractivity contribution is 5.33. The zero-order valence-electron chi connectivity index (χ0n) is 8.98. The van der Waals surface area contributed by atoms with Gasteiger partial charge in [0.1, 0.15) is 5.76 Å². The van der Waals surface area contributed by atoms with Crippen LogP contribution in [-0.2, 0) is 6.42 Å². The molecule has 0 aromatic heterocycles. The van der Waals surface area contributed by atoms with Crippen molar-refractivity contribution in [3.05, 3.63) is 46.7 Å². The number of rotatable bonds is 3. The lowest BCUT2D eigenvalue weighted by molar-refractivity contribution is 0.362. The molecule has 16 heavy (non-hydrogen) atoms. The molecule has 1 atom stereocenters. The molecule has 0 radical (unpaired) electrons. The molecule has 0 heterocycles. The van der Waals surface area contributed by atoms with E-state index in [-0.39, 0.29) is 6.04 Å². The zero-order chi connectivity index (χ0) is 11.5. The van der Waals surface area contributed by atoms with Crippen LogP contribution >= 0.6 is 0 Å². The lowest BCUT2D eigenvalue weighted by atomic mass is 10.0. The van der Waals surface area contributed by atoms with E-state index in [9.17, 15) is 5.11 Å². The van der Waals surface area contributed by atoms with Crippen molar-refractivity contribution in [2.24, 2.45) is 5.73 Å². The van der Waals surface area contributed by atoms with Crippen LogP contribution in [0.25, 0.3) is 0 Å². The summed E-state index contributed by atoms with van der Waals surface area (Å²) in [5, 5.41) is 18.4. The van der Waals surface area contributed by atoms with Crippen molar-refractivity contribution < 1.29 is 5.11 Å². The van der Waals surface area contributed by atoms with E-state index in [0.717, 1.165) is 24.0 Å². The fraction of sp³-hybridized carbons (Fsp3) is 0.308. The zero-order valence-corrected chi connectivity index (χ0v) is 8.98. The van der Waals surface area contributed by atoms with Crippen LogP contribution in [0.3, 0.4) is 0 Å². The molecule has 3 N–H and O–H groups in total. The molecule has 1 aliphatic carbocycles. The highest BCUT2D eigenvalue weighted by atomic mass is 16.3. The number of nitriles is 1. The Morgan fingerprint density at radius 1 is 1.38 bits per heavy atom. The van der Waals surface area contributed by atoms with E-state index in [1.165, 1.54) is 0 Å². The number of allylic oxidation sites excluding steroid dienone is 1. The van der Waals surface area contributed by atoms with E-state index in [0.29, 0.717) is 17.7 Å². The van der Waals surface area contributed by atoms with Crippen molar-refractivity contribution in [3.63, 3.8) is 0 Å². The lowest BCUT2D eigenvalue weighted by Gasteiger charge is -2.10. The summed E-state index contributed by atoms with van der Waals surface area (Å²) in [7, 11) is 0. The number of hydrogen-bond donors (Lipinski definition) is 2. The van der Waals surface area contributed by atoms with Gasteiger partial charge in [0.15, 0.2) is 0 Å². The Morgan fingerprint density at radius 2 is 2.00 bits per heavy atom. The first kappa shape index (κ1) is 10.7.